The quantitative estimate of drug-likeness (QED) is 0.792. The summed E-state index contributed by atoms with van der Waals surface area (Å²) in [5.41, 5.74) is 1.18. The second kappa shape index (κ2) is 7.36. The third-order valence-electron chi connectivity index (χ3n) is 4.27. The van der Waals surface area contributed by atoms with E-state index >= 15 is 0 Å². The highest BCUT2D eigenvalue weighted by Crippen LogP contribution is 2.18. The number of hydrogen-bond acceptors (Lipinski definition) is 5. The Bertz CT molecular complexity index is 758. The molecule has 1 aliphatic heterocycles. The number of sulfone groups is 1. The zero-order chi connectivity index (χ0) is 17.0. The normalized spacial score (nSPS) is 18.8. The molecule has 24 heavy (non-hydrogen) atoms. The number of fused-ring (bicyclic) bond motifs is 1. The van der Waals surface area contributed by atoms with Crippen molar-refractivity contribution in [3.8, 4) is 5.75 Å². The number of rotatable bonds is 6. The van der Waals surface area contributed by atoms with E-state index in [0.717, 1.165) is 18.8 Å². The Kier molecular flexibility index (Phi) is 5.20. The summed E-state index contributed by atoms with van der Waals surface area (Å²) in [6.45, 7) is 4.38. The predicted octanol–water partition coefficient (Wildman–Crippen LogP) is 1.58. The topological polar surface area (TPSA) is 64.4 Å². The first-order valence-corrected chi connectivity index (χ1v) is 10.0. The first-order valence-electron chi connectivity index (χ1n) is 8.19. The molecule has 1 aliphatic rings. The Morgan fingerprint density at radius 2 is 2.17 bits per heavy atom. The Morgan fingerprint density at radius 3 is 2.92 bits per heavy atom. The molecule has 0 aromatic carbocycles. The van der Waals surface area contributed by atoms with Crippen LogP contribution in [0.5, 0.6) is 5.75 Å². The highest BCUT2D eigenvalue weighted by molar-refractivity contribution is 7.91. The SMILES string of the molecule is CCS(=O)(=O)CCN1Cc2cccn2C[C@@H](Oc2cccnc2)C1. The van der Waals surface area contributed by atoms with Crippen LogP contribution in [0, 0.1) is 0 Å². The van der Waals surface area contributed by atoms with Gasteiger partial charge in [-0.1, -0.05) is 6.92 Å². The molecular weight excluding hydrogens is 326 g/mol. The minimum absolute atomic E-state index is 0.0489. The van der Waals surface area contributed by atoms with Gasteiger partial charge in [-0.25, -0.2) is 8.42 Å². The van der Waals surface area contributed by atoms with Crippen LogP contribution in [0.3, 0.4) is 0 Å². The number of hydrogen-bond donors (Lipinski definition) is 0. The van der Waals surface area contributed by atoms with E-state index < -0.39 is 9.84 Å². The summed E-state index contributed by atoms with van der Waals surface area (Å²) in [6, 6.07) is 7.83. The monoisotopic (exact) mass is 349 g/mol. The third kappa shape index (κ3) is 4.36. The van der Waals surface area contributed by atoms with Gasteiger partial charge in [0.25, 0.3) is 0 Å². The van der Waals surface area contributed by atoms with Crippen molar-refractivity contribution in [2.75, 3.05) is 24.6 Å². The fourth-order valence-corrected chi connectivity index (χ4v) is 3.72. The molecule has 6 nitrogen and oxygen atoms in total. The maximum Gasteiger partial charge on any atom is 0.151 e. The smallest absolute Gasteiger partial charge is 0.151 e. The lowest BCUT2D eigenvalue weighted by molar-refractivity contribution is 0.131. The zero-order valence-corrected chi connectivity index (χ0v) is 14.7. The average molecular weight is 349 g/mol. The Hall–Kier alpha value is -1.86. The maximum atomic E-state index is 11.8. The van der Waals surface area contributed by atoms with E-state index in [2.05, 4.69) is 20.5 Å². The van der Waals surface area contributed by atoms with Crippen LogP contribution in [-0.2, 0) is 22.9 Å². The molecular formula is C17H23N3O3S. The molecule has 3 heterocycles. The van der Waals surface area contributed by atoms with Gasteiger partial charge in [-0.05, 0) is 24.3 Å². The summed E-state index contributed by atoms with van der Waals surface area (Å²) >= 11 is 0. The van der Waals surface area contributed by atoms with Gasteiger partial charge in [0.15, 0.2) is 9.84 Å². The van der Waals surface area contributed by atoms with Crippen LogP contribution in [0.1, 0.15) is 12.6 Å². The van der Waals surface area contributed by atoms with Gasteiger partial charge in [0.05, 0.1) is 18.5 Å². The minimum Gasteiger partial charge on any atom is -0.486 e. The summed E-state index contributed by atoms with van der Waals surface area (Å²) in [7, 11) is -2.97. The molecule has 7 heteroatoms. The van der Waals surface area contributed by atoms with E-state index in [4.69, 9.17) is 4.74 Å². The lowest BCUT2D eigenvalue weighted by atomic mass is 10.3. The minimum atomic E-state index is -2.97. The van der Waals surface area contributed by atoms with Gasteiger partial charge in [-0.2, -0.15) is 0 Å². The molecule has 1 atom stereocenters. The number of pyridine rings is 1. The van der Waals surface area contributed by atoms with Gasteiger partial charge < -0.3 is 9.30 Å². The van der Waals surface area contributed by atoms with Crippen molar-refractivity contribution in [3.63, 3.8) is 0 Å². The summed E-state index contributed by atoms with van der Waals surface area (Å²) in [5, 5.41) is 0. The maximum absolute atomic E-state index is 11.8. The van der Waals surface area contributed by atoms with Gasteiger partial charge in [0, 0.05) is 43.5 Å². The third-order valence-corrected chi connectivity index (χ3v) is 5.95. The molecule has 0 N–H and O–H groups in total. The number of ether oxygens (including phenoxy) is 1. The predicted molar refractivity (Wildman–Crippen MR) is 92.7 cm³/mol. The fourth-order valence-electron chi connectivity index (χ4n) is 2.90. The van der Waals surface area contributed by atoms with Crippen LogP contribution < -0.4 is 4.74 Å². The van der Waals surface area contributed by atoms with E-state index in [1.165, 1.54) is 5.69 Å². The Balaban J connectivity index is 1.73. The van der Waals surface area contributed by atoms with Crippen molar-refractivity contribution in [2.45, 2.75) is 26.1 Å². The van der Waals surface area contributed by atoms with Crippen molar-refractivity contribution in [3.05, 3.63) is 48.5 Å². The molecule has 0 saturated carbocycles. The van der Waals surface area contributed by atoms with E-state index in [1.54, 1.807) is 19.3 Å². The van der Waals surface area contributed by atoms with E-state index in [0.29, 0.717) is 13.1 Å². The summed E-state index contributed by atoms with van der Waals surface area (Å²) < 4.78 is 31.9. The van der Waals surface area contributed by atoms with Crippen molar-refractivity contribution in [1.29, 1.82) is 0 Å². The lowest BCUT2D eigenvalue weighted by Crippen LogP contribution is -2.37. The summed E-state index contributed by atoms with van der Waals surface area (Å²) in [4.78, 5) is 6.24. The van der Waals surface area contributed by atoms with E-state index in [9.17, 15) is 8.42 Å². The van der Waals surface area contributed by atoms with Crippen LogP contribution in [0.25, 0.3) is 0 Å². The molecule has 2 aromatic heterocycles. The number of aromatic nitrogens is 2. The Labute approximate surface area is 143 Å². The average Bonchev–Trinajstić information content (AvgIpc) is 2.93. The molecule has 0 unspecified atom stereocenters. The number of nitrogens with zero attached hydrogens (tertiary/aromatic N) is 3. The van der Waals surface area contributed by atoms with Crippen molar-refractivity contribution < 1.29 is 13.2 Å². The lowest BCUT2D eigenvalue weighted by Gasteiger charge is -2.24. The van der Waals surface area contributed by atoms with Crippen molar-refractivity contribution in [1.82, 2.24) is 14.5 Å². The van der Waals surface area contributed by atoms with Crippen LogP contribution in [-0.4, -0.2) is 53.6 Å². The molecule has 0 aliphatic carbocycles. The van der Waals surface area contributed by atoms with Crippen molar-refractivity contribution in [2.24, 2.45) is 0 Å². The molecule has 130 valence electrons. The zero-order valence-electron chi connectivity index (χ0n) is 13.8. The first-order chi connectivity index (χ1) is 11.6. The van der Waals surface area contributed by atoms with E-state index in [1.807, 2.05) is 24.4 Å². The summed E-state index contributed by atoms with van der Waals surface area (Å²) in [6.07, 6.45) is 5.41. The molecule has 0 bridgehead atoms. The summed E-state index contributed by atoms with van der Waals surface area (Å²) in [5.74, 6) is 1.11. The Morgan fingerprint density at radius 1 is 1.29 bits per heavy atom. The standard InChI is InChI=1S/C17H23N3O3S/c1-2-24(21,22)10-9-19-12-15-5-4-8-20(15)14-17(13-19)23-16-6-3-7-18-11-16/h3-8,11,17H,2,9-10,12-14H2,1H3/t17-/m0/s1. The second-order valence-electron chi connectivity index (χ2n) is 6.05. The molecule has 3 rings (SSSR count). The van der Waals surface area contributed by atoms with Gasteiger partial charge >= 0.3 is 0 Å². The van der Waals surface area contributed by atoms with Crippen LogP contribution >= 0.6 is 0 Å². The highest BCUT2D eigenvalue weighted by atomic mass is 32.2. The molecule has 0 fully saturated rings. The molecule has 0 spiro atoms. The van der Waals surface area contributed by atoms with Gasteiger partial charge in [0.2, 0.25) is 0 Å². The first kappa shape index (κ1) is 17.0. The second-order valence-corrected chi connectivity index (χ2v) is 8.52. The van der Waals surface area contributed by atoms with Crippen LogP contribution in [0.15, 0.2) is 42.9 Å². The van der Waals surface area contributed by atoms with Crippen LogP contribution in [0.2, 0.25) is 0 Å². The molecule has 0 radical (unpaired) electrons. The molecule has 0 saturated heterocycles. The van der Waals surface area contributed by atoms with Crippen LogP contribution in [0.4, 0.5) is 0 Å². The fraction of sp³-hybridized carbons (Fsp3) is 0.471. The largest absolute Gasteiger partial charge is 0.486 e. The van der Waals surface area contributed by atoms with Gasteiger partial charge in [0.1, 0.15) is 11.9 Å². The highest BCUT2D eigenvalue weighted by Gasteiger charge is 2.24. The molecule has 2 aromatic rings. The van der Waals surface area contributed by atoms with Crippen molar-refractivity contribution >= 4 is 9.84 Å². The van der Waals surface area contributed by atoms with Gasteiger partial charge in [-0.15, -0.1) is 0 Å². The molecule has 0 amide bonds. The van der Waals surface area contributed by atoms with E-state index in [-0.39, 0.29) is 17.6 Å². The van der Waals surface area contributed by atoms with Gasteiger partial charge in [-0.3, -0.25) is 9.88 Å².